The second-order valence-electron chi connectivity index (χ2n) is 4.35. The Balaban J connectivity index is 2.28. The Bertz CT molecular complexity index is 555. The minimum absolute atomic E-state index is 0.0676. The lowest BCUT2D eigenvalue weighted by Gasteiger charge is -2.06. The number of aromatic nitrogens is 2. The second kappa shape index (κ2) is 4.53. The largest absolute Gasteiger partial charge is 0.294 e. The maximum absolute atomic E-state index is 11.3. The Morgan fingerprint density at radius 3 is 2.71 bits per heavy atom. The fraction of sp³-hybridized carbons (Fsp3) is 0.286. The predicted molar refractivity (Wildman–Crippen MR) is 67.2 cm³/mol. The second-order valence-corrected chi connectivity index (χ2v) is 4.35. The molecule has 0 saturated carbocycles. The molecule has 2 rings (SSSR count). The maximum Gasteiger partial charge on any atom is 0.163 e. The van der Waals surface area contributed by atoms with Crippen LogP contribution >= 0.6 is 0 Å². The smallest absolute Gasteiger partial charge is 0.163 e. The van der Waals surface area contributed by atoms with Gasteiger partial charge in [0.1, 0.15) is 0 Å². The maximum atomic E-state index is 11.3. The molecule has 0 saturated heterocycles. The van der Waals surface area contributed by atoms with E-state index in [1.165, 1.54) is 11.1 Å². The van der Waals surface area contributed by atoms with Gasteiger partial charge in [-0.2, -0.15) is 5.10 Å². The SMILES string of the molecule is CC(=O)c1cnn(Cc2cccc(C)c2)c1C. The molecule has 2 aromatic rings. The van der Waals surface area contributed by atoms with E-state index in [2.05, 4.69) is 30.2 Å². The third-order valence-electron chi connectivity index (χ3n) is 2.90. The van der Waals surface area contributed by atoms with E-state index in [-0.39, 0.29) is 5.78 Å². The summed E-state index contributed by atoms with van der Waals surface area (Å²) in [5.41, 5.74) is 4.07. The molecule has 0 aliphatic heterocycles. The van der Waals surface area contributed by atoms with Crippen LogP contribution < -0.4 is 0 Å². The molecule has 0 aliphatic rings. The van der Waals surface area contributed by atoms with Gasteiger partial charge in [-0.1, -0.05) is 29.8 Å². The summed E-state index contributed by atoms with van der Waals surface area (Å²) in [7, 11) is 0. The Hall–Kier alpha value is -1.90. The first-order chi connectivity index (χ1) is 8.08. The summed E-state index contributed by atoms with van der Waals surface area (Å²) >= 11 is 0. The zero-order chi connectivity index (χ0) is 12.4. The fourth-order valence-corrected chi connectivity index (χ4v) is 1.93. The Labute approximate surface area is 101 Å². The molecule has 0 unspecified atom stereocenters. The van der Waals surface area contributed by atoms with E-state index in [9.17, 15) is 4.79 Å². The third-order valence-corrected chi connectivity index (χ3v) is 2.90. The van der Waals surface area contributed by atoms with E-state index in [1.54, 1.807) is 13.1 Å². The number of aryl methyl sites for hydroxylation is 1. The topological polar surface area (TPSA) is 34.9 Å². The van der Waals surface area contributed by atoms with Crippen molar-refractivity contribution < 1.29 is 4.79 Å². The quantitative estimate of drug-likeness (QED) is 0.757. The van der Waals surface area contributed by atoms with Crippen LogP contribution in [0.15, 0.2) is 30.5 Å². The van der Waals surface area contributed by atoms with E-state index in [4.69, 9.17) is 0 Å². The summed E-state index contributed by atoms with van der Waals surface area (Å²) in [4.78, 5) is 11.3. The van der Waals surface area contributed by atoms with Crippen LogP contribution in [0.25, 0.3) is 0 Å². The number of ketones is 1. The minimum atomic E-state index is 0.0676. The molecule has 0 bridgehead atoms. The highest BCUT2D eigenvalue weighted by atomic mass is 16.1. The minimum Gasteiger partial charge on any atom is -0.294 e. The van der Waals surface area contributed by atoms with E-state index < -0.39 is 0 Å². The van der Waals surface area contributed by atoms with E-state index in [1.807, 2.05) is 17.7 Å². The van der Waals surface area contributed by atoms with Crippen molar-refractivity contribution >= 4 is 5.78 Å². The van der Waals surface area contributed by atoms with Crippen molar-refractivity contribution in [1.29, 1.82) is 0 Å². The molecule has 0 spiro atoms. The molecule has 3 nitrogen and oxygen atoms in total. The van der Waals surface area contributed by atoms with Crippen molar-refractivity contribution in [3.63, 3.8) is 0 Å². The first-order valence-corrected chi connectivity index (χ1v) is 5.67. The van der Waals surface area contributed by atoms with E-state index in [0.717, 1.165) is 5.69 Å². The summed E-state index contributed by atoms with van der Waals surface area (Å²) in [5.74, 6) is 0.0676. The molecule has 0 amide bonds. The average Bonchev–Trinajstić information content (AvgIpc) is 2.61. The molecule has 0 atom stereocenters. The first kappa shape index (κ1) is 11.6. The molecule has 17 heavy (non-hydrogen) atoms. The molecule has 0 radical (unpaired) electrons. The summed E-state index contributed by atoms with van der Waals surface area (Å²) in [5, 5.41) is 4.26. The number of nitrogens with zero attached hydrogens (tertiary/aromatic N) is 2. The molecular formula is C14H16N2O. The normalized spacial score (nSPS) is 10.5. The van der Waals surface area contributed by atoms with Gasteiger partial charge >= 0.3 is 0 Å². The molecular weight excluding hydrogens is 212 g/mol. The lowest BCUT2D eigenvalue weighted by atomic mass is 10.1. The van der Waals surface area contributed by atoms with Gasteiger partial charge in [0.05, 0.1) is 18.3 Å². The van der Waals surface area contributed by atoms with E-state index in [0.29, 0.717) is 12.1 Å². The van der Waals surface area contributed by atoms with Gasteiger partial charge in [0, 0.05) is 5.69 Å². The highest BCUT2D eigenvalue weighted by Crippen LogP contribution is 2.11. The van der Waals surface area contributed by atoms with Gasteiger partial charge in [-0.15, -0.1) is 0 Å². The number of Topliss-reactive ketones (excluding diaryl/α,β-unsaturated/α-hetero) is 1. The van der Waals surface area contributed by atoms with E-state index >= 15 is 0 Å². The summed E-state index contributed by atoms with van der Waals surface area (Å²) in [6, 6.07) is 8.31. The van der Waals surface area contributed by atoms with Crippen molar-refractivity contribution in [2.45, 2.75) is 27.3 Å². The first-order valence-electron chi connectivity index (χ1n) is 5.67. The van der Waals surface area contributed by atoms with Gasteiger partial charge in [-0.25, -0.2) is 0 Å². The van der Waals surface area contributed by atoms with Crippen molar-refractivity contribution in [3.05, 3.63) is 52.8 Å². The monoisotopic (exact) mass is 228 g/mol. The summed E-state index contributed by atoms with van der Waals surface area (Å²) < 4.78 is 1.87. The van der Waals surface area contributed by atoms with Gasteiger partial charge < -0.3 is 0 Å². The predicted octanol–water partition coefficient (Wildman–Crippen LogP) is 2.75. The lowest BCUT2D eigenvalue weighted by Crippen LogP contribution is -2.05. The highest BCUT2D eigenvalue weighted by Gasteiger charge is 2.10. The Kier molecular flexibility index (Phi) is 3.09. The number of rotatable bonds is 3. The number of carbonyl (C=O) groups is 1. The van der Waals surface area contributed by atoms with Crippen molar-refractivity contribution in [2.24, 2.45) is 0 Å². The van der Waals surface area contributed by atoms with Gasteiger partial charge in [0.25, 0.3) is 0 Å². The van der Waals surface area contributed by atoms with Crippen LogP contribution in [0.1, 0.15) is 34.1 Å². The van der Waals surface area contributed by atoms with Gasteiger partial charge in [0.15, 0.2) is 5.78 Å². The van der Waals surface area contributed by atoms with Gasteiger partial charge in [-0.3, -0.25) is 9.48 Å². The molecule has 1 heterocycles. The molecule has 88 valence electrons. The molecule has 0 fully saturated rings. The number of hydrogen-bond donors (Lipinski definition) is 0. The standard InChI is InChI=1S/C14H16N2O/c1-10-5-4-6-13(7-10)9-16-11(2)14(8-15-16)12(3)17/h4-8H,9H2,1-3H3. The summed E-state index contributed by atoms with van der Waals surface area (Å²) in [6.07, 6.45) is 1.65. The van der Waals surface area contributed by atoms with Crippen LogP contribution in [0.4, 0.5) is 0 Å². The zero-order valence-corrected chi connectivity index (χ0v) is 10.4. The third kappa shape index (κ3) is 2.44. The lowest BCUT2D eigenvalue weighted by molar-refractivity contribution is 0.101. The van der Waals surface area contributed by atoms with Crippen LogP contribution in [0.5, 0.6) is 0 Å². The molecule has 1 aromatic heterocycles. The number of carbonyl (C=O) groups excluding carboxylic acids is 1. The van der Waals surface area contributed by atoms with Crippen LogP contribution in [0.2, 0.25) is 0 Å². The van der Waals surface area contributed by atoms with Crippen LogP contribution in [0, 0.1) is 13.8 Å². The Morgan fingerprint density at radius 2 is 2.12 bits per heavy atom. The number of benzene rings is 1. The fourth-order valence-electron chi connectivity index (χ4n) is 1.93. The number of hydrogen-bond acceptors (Lipinski definition) is 2. The van der Waals surface area contributed by atoms with Crippen molar-refractivity contribution in [2.75, 3.05) is 0 Å². The zero-order valence-electron chi connectivity index (χ0n) is 10.4. The Morgan fingerprint density at radius 1 is 1.35 bits per heavy atom. The highest BCUT2D eigenvalue weighted by molar-refractivity contribution is 5.94. The van der Waals surface area contributed by atoms with Gasteiger partial charge in [0.2, 0.25) is 0 Å². The van der Waals surface area contributed by atoms with Crippen LogP contribution in [-0.4, -0.2) is 15.6 Å². The van der Waals surface area contributed by atoms with Crippen molar-refractivity contribution in [1.82, 2.24) is 9.78 Å². The molecule has 0 N–H and O–H groups in total. The van der Waals surface area contributed by atoms with Crippen molar-refractivity contribution in [3.8, 4) is 0 Å². The average molecular weight is 228 g/mol. The van der Waals surface area contributed by atoms with Crippen LogP contribution in [-0.2, 0) is 6.54 Å². The molecule has 1 aromatic carbocycles. The molecule has 0 aliphatic carbocycles. The van der Waals surface area contributed by atoms with Crippen LogP contribution in [0.3, 0.4) is 0 Å². The summed E-state index contributed by atoms with van der Waals surface area (Å²) in [6.45, 7) is 6.28. The molecule has 3 heteroatoms. The van der Waals surface area contributed by atoms with Gasteiger partial charge in [-0.05, 0) is 26.3 Å².